The van der Waals surface area contributed by atoms with E-state index in [1.54, 1.807) is 18.3 Å². The van der Waals surface area contributed by atoms with Crippen molar-refractivity contribution in [3.05, 3.63) is 41.7 Å². The van der Waals surface area contributed by atoms with Crippen LogP contribution in [0.3, 0.4) is 0 Å². The van der Waals surface area contributed by atoms with Gasteiger partial charge in [0.15, 0.2) is 11.5 Å². The summed E-state index contributed by atoms with van der Waals surface area (Å²) in [5, 5.41) is 2.83. The topological polar surface area (TPSA) is 72.6 Å². The molecule has 0 unspecified atom stereocenters. The first-order chi connectivity index (χ1) is 10.2. The van der Waals surface area contributed by atoms with Gasteiger partial charge in [-0.2, -0.15) is 0 Å². The number of H-pyrrole nitrogens is 1. The number of methoxy groups -OCH3 is 3. The zero-order valence-electron chi connectivity index (χ0n) is 12.2. The molecule has 2 N–H and O–H groups in total. The first-order valence-corrected chi connectivity index (χ1v) is 6.39. The maximum atomic E-state index is 12.2. The normalized spacial score (nSPS) is 10.0. The lowest BCUT2D eigenvalue weighted by Crippen LogP contribution is -2.22. The van der Waals surface area contributed by atoms with Crippen molar-refractivity contribution in [2.45, 2.75) is 6.54 Å². The minimum atomic E-state index is -0.213. The van der Waals surface area contributed by atoms with Crippen molar-refractivity contribution < 1.29 is 19.0 Å². The summed E-state index contributed by atoms with van der Waals surface area (Å²) in [6.07, 6.45) is 3.64. The molecule has 21 heavy (non-hydrogen) atoms. The Hall–Kier alpha value is -2.63. The highest BCUT2D eigenvalue weighted by Gasteiger charge is 2.16. The van der Waals surface area contributed by atoms with E-state index in [1.165, 1.54) is 21.3 Å². The summed E-state index contributed by atoms with van der Waals surface area (Å²) in [5.74, 6) is 1.14. The molecule has 0 aliphatic carbocycles. The Balaban J connectivity index is 2.20. The number of nitrogens with one attached hydrogen (secondary N) is 2. The predicted octanol–water partition coefficient (Wildman–Crippen LogP) is 1.97. The van der Waals surface area contributed by atoms with Crippen LogP contribution in [0.5, 0.6) is 17.2 Å². The van der Waals surface area contributed by atoms with Gasteiger partial charge in [0.2, 0.25) is 5.75 Å². The van der Waals surface area contributed by atoms with E-state index in [0.717, 1.165) is 5.56 Å². The fraction of sp³-hybridized carbons (Fsp3) is 0.267. The smallest absolute Gasteiger partial charge is 0.251 e. The predicted molar refractivity (Wildman–Crippen MR) is 78.1 cm³/mol. The van der Waals surface area contributed by atoms with Gasteiger partial charge in [-0.15, -0.1) is 0 Å². The second-order valence-electron chi connectivity index (χ2n) is 4.32. The van der Waals surface area contributed by atoms with Crippen molar-refractivity contribution in [1.29, 1.82) is 0 Å². The molecule has 112 valence electrons. The van der Waals surface area contributed by atoms with E-state index >= 15 is 0 Å². The highest BCUT2D eigenvalue weighted by Crippen LogP contribution is 2.38. The highest BCUT2D eigenvalue weighted by atomic mass is 16.5. The number of carbonyl (C=O) groups excluding carboxylic acids is 1. The number of aromatic nitrogens is 1. The van der Waals surface area contributed by atoms with Crippen LogP contribution in [0.2, 0.25) is 0 Å². The third-order valence-electron chi connectivity index (χ3n) is 3.04. The summed E-state index contributed by atoms with van der Waals surface area (Å²) in [6.45, 7) is 0.443. The molecule has 0 saturated carbocycles. The van der Waals surface area contributed by atoms with Gasteiger partial charge < -0.3 is 24.5 Å². The molecule has 1 aromatic heterocycles. The average Bonchev–Trinajstić information content (AvgIpc) is 3.04. The SMILES string of the molecule is COc1cc(C(=O)NCc2cc[nH]c2)cc(OC)c1OC. The Labute approximate surface area is 123 Å². The molecule has 2 rings (SSSR count). The summed E-state index contributed by atoms with van der Waals surface area (Å²) in [7, 11) is 4.55. The quantitative estimate of drug-likeness (QED) is 0.853. The molecule has 0 atom stereocenters. The van der Waals surface area contributed by atoms with Crippen LogP contribution in [0.1, 0.15) is 15.9 Å². The fourth-order valence-electron chi connectivity index (χ4n) is 1.96. The summed E-state index contributed by atoms with van der Waals surface area (Å²) in [4.78, 5) is 15.1. The van der Waals surface area contributed by atoms with E-state index in [1.807, 2.05) is 12.3 Å². The fourth-order valence-corrected chi connectivity index (χ4v) is 1.96. The Morgan fingerprint density at radius 3 is 2.29 bits per heavy atom. The molecule has 0 aliphatic rings. The molecule has 1 heterocycles. The summed E-state index contributed by atoms with van der Waals surface area (Å²) >= 11 is 0. The Morgan fingerprint density at radius 1 is 1.14 bits per heavy atom. The van der Waals surface area contributed by atoms with E-state index < -0.39 is 0 Å². The lowest BCUT2D eigenvalue weighted by molar-refractivity contribution is 0.0950. The Bertz CT molecular complexity index is 583. The molecular weight excluding hydrogens is 272 g/mol. The third kappa shape index (κ3) is 3.28. The molecule has 0 spiro atoms. The molecule has 0 radical (unpaired) electrons. The summed E-state index contributed by atoms with van der Waals surface area (Å²) in [6, 6.07) is 5.14. The van der Waals surface area contributed by atoms with Crippen LogP contribution < -0.4 is 19.5 Å². The van der Waals surface area contributed by atoms with Crippen molar-refractivity contribution in [2.24, 2.45) is 0 Å². The summed E-state index contributed by atoms with van der Waals surface area (Å²) in [5.41, 5.74) is 1.44. The van der Waals surface area contributed by atoms with Gasteiger partial charge in [-0.3, -0.25) is 4.79 Å². The van der Waals surface area contributed by atoms with Gasteiger partial charge in [-0.25, -0.2) is 0 Å². The second kappa shape index (κ2) is 6.69. The van der Waals surface area contributed by atoms with Crippen LogP contribution >= 0.6 is 0 Å². The third-order valence-corrected chi connectivity index (χ3v) is 3.04. The molecule has 6 nitrogen and oxygen atoms in total. The number of hydrogen-bond donors (Lipinski definition) is 2. The lowest BCUT2D eigenvalue weighted by atomic mass is 10.1. The first-order valence-electron chi connectivity index (χ1n) is 6.39. The van der Waals surface area contributed by atoms with Gasteiger partial charge in [0.05, 0.1) is 21.3 Å². The van der Waals surface area contributed by atoms with Crippen molar-refractivity contribution in [2.75, 3.05) is 21.3 Å². The zero-order valence-corrected chi connectivity index (χ0v) is 12.2. The van der Waals surface area contributed by atoms with Crippen molar-refractivity contribution >= 4 is 5.91 Å². The minimum Gasteiger partial charge on any atom is -0.493 e. The maximum absolute atomic E-state index is 12.2. The van der Waals surface area contributed by atoms with Crippen molar-refractivity contribution in [1.82, 2.24) is 10.3 Å². The molecule has 0 fully saturated rings. The minimum absolute atomic E-state index is 0.213. The second-order valence-corrected chi connectivity index (χ2v) is 4.32. The van der Waals surface area contributed by atoms with E-state index in [4.69, 9.17) is 14.2 Å². The van der Waals surface area contributed by atoms with Crippen LogP contribution in [0, 0.1) is 0 Å². The van der Waals surface area contributed by atoms with E-state index in [2.05, 4.69) is 10.3 Å². The monoisotopic (exact) mass is 290 g/mol. The number of carbonyl (C=O) groups is 1. The average molecular weight is 290 g/mol. The van der Waals surface area contributed by atoms with E-state index in [-0.39, 0.29) is 5.91 Å². The summed E-state index contributed by atoms with van der Waals surface area (Å²) < 4.78 is 15.7. The highest BCUT2D eigenvalue weighted by molar-refractivity contribution is 5.95. The van der Waals surface area contributed by atoms with Crippen LogP contribution in [0.4, 0.5) is 0 Å². The maximum Gasteiger partial charge on any atom is 0.251 e. The van der Waals surface area contributed by atoms with Gasteiger partial charge >= 0.3 is 0 Å². The van der Waals surface area contributed by atoms with Crippen LogP contribution in [-0.4, -0.2) is 32.2 Å². The van der Waals surface area contributed by atoms with Gasteiger partial charge in [0.1, 0.15) is 0 Å². The molecule has 2 aromatic rings. The standard InChI is InChI=1S/C15H18N2O4/c1-19-12-6-11(7-13(20-2)14(12)21-3)15(18)17-9-10-4-5-16-8-10/h4-8,16H,9H2,1-3H3,(H,17,18). The molecule has 1 aromatic carbocycles. The number of hydrogen-bond acceptors (Lipinski definition) is 4. The van der Waals surface area contributed by atoms with E-state index in [0.29, 0.717) is 29.4 Å². The molecule has 6 heteroatoms. The number of benzene rings is 1. The number of amides is 1. The van der Waals surface area contributed by atoms with Crippen molar-refractivity contribution in [3.8, 4) is 17.2 Å². The van der Waals surface area contributed by atoms with Gasteiger partial charge in [-0.1, -0.05) is 0 Å². The largest absolute Gasteiger partial charge is 0.493 e. The van der Waals surface area contributed by atoms with E-state index in [9.17, 15) is 4.79 Å². The Morgan fingerprint density at radius 2 is 1.81 bits per heavy atom. The lowest BCUT2D eigenvalue weighted by Gasteiger charge is -2.14. The van der Waals surface area contributed by atoms with Crippen LogP contribution in [0.25, 0.3) is 0 Å². The molecule has 1 amide bonds. The zero-order chi connectivity index (χ0) is 15.2. The van der Waals surface area contributed by atoms with Gasteiger partial charge in [0, 0.05) is 24.5 Å². The van der Waals surface area contributed by atoms with Crippen LogP contribution in [-0.2, 0) is 6.54 Å². The molecule has 0 bridgehead atoms. The number of aromatic amines is 1. The van der Waals surface area contributed by atoms with Crippen molar-refractivity contribution in [3.63, 3.8) is 0 Å². The van der Waals surface area contributed by atoms with Gasteiger partial charge in [-0.05, 0) is 23.8 Å². The molecule has 0 aliphatic heterocycles. The Kier molecular flexibility index (Phi) is 4.71. The van der Waals surface area contributed by atoms with Gasteiger partial charge in [0.25, 0.3) is 5.91 Å². The molecule has 0 saturated heterocycles. The number of rotatable bonds is 6. The molecular formula is C15H18N2O4. The first kappa shape index (κ1) is 14.8. The van der Waals surface area contributed by atoms with Crippen LogP contribution in [0.15, 0.2) is 30.6 Å². The number of ether oxygens (including phenoxy) is 3.